The Labute approximate surface area is 363 Å². The van der Waals surface area contributed by atoms with E-state index in [0.29, 0.717) is 19.3 Å². The number of esters is 1. The molecule has 0 aliphatic rings. The lowest BCUT2D eigenvalue weighted by molar-refractivity contribution is -0.151. The zero-order valence-electron chi connectivity index (χ0n) is 38.4. The highest BCUT2D eigenvalue weighted by atomic mass is 16.5. The summed E-state index contributed by atoms with van der Waals surface area (Å²) in [6, 6.07) is -0.720. The highest BCUT2D eigenvalue weighted by Gasteiger charge is 2.24. The van der Waals surface area contributed by atoms with E-state index >= 15 is 0 Å². The van der Waals surface area contributed by atoms with Gasteiger partial charge in [0.25, 0.3) is 0 Å². The van der Waals surface area contributed by atoms with Crippen LogP contribution in [0, 0.1) is 0 Å². The first-order chi connectivity index (χ1) is 29.0. The summed E-state index contributed by atoms with van der Waals surface area (Å²) in [5, 5.41) is 23.6. The van der Waals surface area contributed by atoms with Crippen LogP contribution in [0.1, 0.15) is 213 Å². The number of hydrogen-bond donors (Lipinski definition) is 3. The van der Waals surface area contributed by atoms with Crippen LogP contribution in [-0.2, 0) is 14.3 Å². The lowest BCUT2D eigenvalue weighted by Crippen LogP contribution is -2.46. The molecule has 6 nitrogen and oxygen atoms in total. The summed E-state index contributed by atoms with van der Waals surface area (Å²) < 4.78 is 5.90. The number of ether oxygens (including phenoxy) is 1. The Kier molecular flexibility index (Phi) is 43.8. The van der Waals surface area contributed by atoms with Crippen molar-refractivity contribution in [2.24, 2.45) is 0 Å². The van der Waals surface area contributed by atoms with Crippen molar-refractivity contribution in [3.05, 3.63) is 85.1 Å². The molecule has 0 fully saturated rings. The SMILES string of the molecule is CC/C=C/C=C/C=C/CCCCCCCCCC(=O)OC(CCCCC/C=C/C=C/C=C/C=C/CCCCC)CC(=O)NC(CO)C(O)CCCCCCCCCCC. The topological polar surface area (TPSA) is 95.9 Å². The molecule has 3 atom stereocenters. The van der Waals surface area contributed by atoms with Crippen molar-refractivity contribution in [3.8, 4) is 0 Å². The molecule has 1 amide bonds. The molecule has 0 saturated carbocycles. The molecule has 0 rings (SSSR count). The van der Waals surface area contributed by atoms with Crippen LogP contribution in [0.15, 0.2) is 85.1 Å². The Balaban J connectivity index is 4.72. The second-order valence-electron chi connectivity index (χ2n) is 16.3. The van der Waals surface area contributed by atoms with Crippen LogP contribution in [0.3, 0.4) is 0 Å². The van der Waals surface area contributed by atoms with Crippen molar-refractivity contribution in [2.75, 3.05) is 6.61 Å². The van der Waals surface area contributed by atoms with Crippen LogP contribution in [0.25, 0.3) is 0 Å². The Morgan fingerprint density at radius 1 is 0.508 bits per heavy atom. The first-order valence-electron chi connectivity index (χ1n) is 24.4. The molecule has 0 aromatic carbocycles. The number of rotatable bonds is 42. The van der Waals surface area contributed by atoms with Crippen LogP contribution >= 0.6 is 0 Å². The van der Waals surface area contributed by atoms with Crippen LogP contribution in [-0.4, -0.2) is 46.9 Å². The minimum Gasteiger partial charge on any atom is -0.462 e. The highest BCUT2D eigenvalue weighted by molar-refractivity contribution is 5.77. The molecule has 3 N–H and O–H groups in total. The summed E-state index contributed by atoms with van der Waals surface area (Å²) in [5.41, 5.74) is 0. The minimum atomic E-state index is -0.803. The molecular formula is C53H91NO5. The lowest BCUT2D eigenvalue weighted by atomic mass is 10.0. The van der Waals surface area contributed by atoms with Gasteiger partial charge >= 0.3 is 5.97 Å². The van der Waals surface area contributed by atoms with Gasteiger partial charge in [0.1, 0.15) is 6.10 Å². The number of nitrogens with one attached hydrogen (secondary N) is 1. The molecule has 3 unspecified atom stereocenters. The molecule has 0 aromatic rings. The molecule has 6 heteroatoms. The quantitative estimate of drug-likeness (QED) is 0.0324. The molecule has 0 aromatic heterocycles. The largest absolute Gasteiger partial charge is 0.462 e. The van der Waals surface area contributed by atoms with Crippen LogP contribution in [0.5, 0.6) is 0 Å². The van der Waals surface area contributed by atoms with E-state index < -0.39 is 18.2 Å². The van der Waals surface area contributed by atoms with Crippen LogP contribution in [0.2, 0.25) is 0 Å². The van der Waals surface area contributed by atoms with E-state index in [1.807, 2.05) is 6.08 Å². The molecule has 0 radical (unpaired) electrons. The Morgan fingerprint density at radius 2 is 0.915 bits per heavy atom. The molecule has 0 bridgehead atoms. The predicted molar refractivity (Wildman–Crippen MR) is 254 cm³/mol. The van der Waals surface area contributed by atoms with Crippen molar-refractivity contribution in [3.63, 3.8) is 0 Å². The average Bonchev–Trinajstić information content (AvgIpc) is 3.23. The van der Waals surface area contributed by atoms with E-state index in [2.05, 4.69) is 105 Å². The Morgan fingerprint density at radius 3 is 1.44 bits per heavy atom. The monoisotopic (exact) mass is 822 g/mol. The molecule has 0 heterocycles. The number of unbranched alkanes of at least 4 members (excludes halogenated alkanes) is 21. The van der Waals surface area contributed by atoms with Gasteiger partial charge in [0.2, 0.25) is 5.91 Å². The fourth-order valence-corrected chi connectivity index (χ4v) is 6.91. The fraction of sp³-hybridized carbons (Fsp3) is 0.698. The van der Waals surface area contributed by atoms with Crippen LogP contribution < -0.4 is 5.32 Å². The van der Waals surface area contributed by atoms with E-state index in [-0.39, 0.29) is 24.9 Å². The molecule has 0 saturated heterocycles. The van der Waals surface area contributed by atoms with E-state index in [9.17, 15) is 19.8 Å². The molecule has 338 valence electrons. The van der Waals surface area contributed by atoms with Gasteiger partial charge in [-0.1, -0.05) is 215 Å². The second kappa shape index (κ2) is 46.1. The Hall–Kier alpha value is -2.96. The van der Waals surface area contributed by atoms with E-state index in [1.54, 1.807) is 0 Å². The average molecular weight is 822 g/mol. The lowest BCUT2D eigenvalue weighted by Gasteiger charge is -2.24. The molecule has 0 spiro atoms. The third kappa shape index (κ3) is 41.6. The minimum absolute atomic E-state index is 0.0422. The standard InChI is InChI=1S/C53H91NO5/c1-4-7-10-13-16-19-21-23-25-27-28-30-33-35-38-41-44-49(47-52(57)54-50(48-55)51(56)45-42-39-36-32-18-15-12-9-6-3)59-53(58)46-43-40-37-34-31-29-26-24-22-20-17-14-11-8-5-2/h8,11,14,16-17,19-23,25,27-28,30,49-51,55-56H,4-7,9-10,12-13,15,18,24,26,29,31-48H2,1-3H3,(H,54,57)/b11-8+,17-14+,19-16+,22-20+,23-21+,27-25+,30-28+. The maximum atomic E-state index is 13.2. The van der Waals surface area contributed by atoms with Crippen molar-refractivity contribution < 1.29 is 24.5 Å². The van der Waals surface area contributed by atoms with Crippen molar-refractivity contribution in [1.29, 1.82) is 0 Å². The molecule has 0 aliphatic carbocycles. The zero-order chi connectivity index (χ0) is 43.1. The molecular weight excluding hydrogens is 731 g/mol. The van der Waals surface area contributed by atoms with Gasteiger partial charge in [0.15, 0.2) is 0 Å². The number of amides is 1. The van der Waals surface area contributed by atoms with Gasteiger partial charge in [0.05, 0.1) is 25.2 Å². The third-order valence-corrected chi connectivity index (χ3v) is 10.6. The summed E-state index contributed by atoms with van der Waals surface area (Å²) >= 11 is 0. The van der Waals surface area contributed by atoms with E-state index in [1.165, 1.54) is 83.5 Å². The van der Waals surface area contributed by atoms with Gasteiger partial charge in [-0.25, -0.2) is 0 Å². The number of hydrogen-bond acceptors (Lipinski definition) is 5. The van der Waals surface area contributed by atoms with Gasteiger partial charge in [-0.3, -0.25) is 9.59 Å². The Bertz CT molecular complexity index is 1150. The highest BCUT2D eigenvalue weighted by Crippen LogP contribution is 2.17. The van der Waals surface area contributed by atoms with Crippen molar-refractivity contribution >= 4 is 11.9 Å². The number of carbonyl (C=O) groups excluding carboxylic acids is 2. The second-order valence-corrected chi connectivity index (χ2v) is 16.3. The van der Waals surface area contributed by atoms with E-state index in [4.69, 9.17) is 4.74 Å². The summed E-state index contributed by atoms with van der Waals surface area (Å²) in [6.07, 6.45) is 59.2. The number of aliphatic hydroxyl groups is 2. The molecule has 59 heavy (non-hydrogen) atoms. The van der Waals surface area contributed by atoms with E-state index in [0.717, 1.165) is 83.5 Å². The summed E-state index contributed by atoms with van der Waals surface area (Å²) in [6.45, 7) is 6.27. The first-order valence-corrected chi connectivity index (χ1v) is 24.4. The number of allylic oxidation sites excluding steroid dienone is 14. The van der Waals surface area contributed by atoms with Gasteiger partial charge < -0.3 is 20.3 Å². The van der Waals surface area contributed by atoms with Crippen molar-refractivity contribution in [2.45, 2.75) is 232 Å². The maximum absolute atomic E-state index is 13.2. The smallest absolute Gasteiger partial charge is 0.306 e. The van der Waals surface area contributed by atoms with Gasteiger partial charge in [-0.2, -0.15) is 0 Å². The molecule has 0 aliphatic heterocycles. The maximum Gasteiger partial charge on any atom is 0.306 e. The van der Waals surface area contributed by atoms with Gasteiger partial charge in [0, 0.05) is 6.42 Å². The summed E-state index contributed by atoms with van der Waals surface area (Å²) in [5.74, 6) is -0.534. The third-order valence-electron chi connectivity index (χ3n) is 10.6. The van der Waals surface area contributed by atoms with Crippen LogP contribution in [0.4, 0.5) is 0 Å². The number of aliphatic hydroxyl groups excluding tert-OH is 2. The van der Waals surface area contributed by atoms with Crippen molar-refractivity contribution in [1.82, 2.24) is 5.32 Å². The summed E-state index contributed by atoms with van der Waals surface area (Å²) in [7, 11) is 0. The zero-order valence-corrected chi connectivity index (χ0v) is 38.4. The first kappa shape index (κ1) is 56.0. The van der Waals surface area contributed by atoms with Gasteiger partial charge in [-0.05, 0) is 70.6 Å². The predicted octanol–water partition coefficient (Wildman–Crippen LogP) is 14.4. The number of carbonyl (C=O) groups is 2. The summed E-state index contributed by atoms with van der Waals surface area (Å²) in [4.78, 5) is 26.1. The van der Waals surface area contributed by atoms with Gasteiger partial charge in [-0.15, -0.1) is 0 Å². The normalized spacial score (nSPS) is 14.1. The fourth-order valence-electron chi connectivity index (χ4n) is 6.91.